The molecule has 3 aliphatic heterocycles. The number of rotatable bonds is 7. The topological polar surface area (TPSA) is 204 Å². The van der Waals surface area contributed by atoms with Gasteiger partial charge in [-0.15, -0.1) is 0 Å². The third-order valence-electron chi connectivity index (χ3n) is 8.38. The zero-order valence-electron chi connectivity index (χ0n) is 28.6. The number of hydrogen-bond donors (Lipinski definition) is 6. The van der Waals surface area contributed by atoms with Gasteiger partial charge in [-0.05, 0) is 49.4 Å². The Morgan fingerprint density at radius 3 is 2.14 bits per heavy atom. The lowest BCUT2D eigenvalue weighted by atomic mass is 10.0. The highest BCUT2D eigenvalue weighted by atomic mass is 16.6. The summed E-state index contributed by atoms with van der Waals surface area (Å²) in [4.78, 5) is 79.8. The molecule has 6 atom stereocenters. The summed E-state index contributed by atoms with van der Waals surface area (Å²) in [5.74, 6) is -3.22. The summed E-state index contributed by atoms with van der Waals surface area (Å²) in [5.41, 5.74) is 1.61. The third kappa shape index (κ3) is 10.7. The van der Waals surface area contributed by atoms with Gasteiger partial charge in [-0.2, -0.15) is 0 Å². The molecule has 270 valence electrons. The number of nitrogens with one attached hydrogen (secondary N) is 5. The molecule has 0 radical (unpaired) electrons. The van der Waals surface area contributed by atoms with Gasteiger partial charge in [0.1, 0.15) is 49.7 Å². The Balaban J connectivity index is 1.62. The second-order valence-corrected chi connectivity index (χ2v) is 12.9. The number of amides is 6. The van der Waals surface area contributed by atoms with Crippen molar-refractivity contribution in [1.82, 2.24) is 31.5 Å². The van der Waals surface area contributed by atoms with E-state index in [1.807, 2.05) is 30.3 Å². The average Bonchev–Trinajstić information content (AvgIpc) is 3.47. The van der Waals surface area contributed by atoms with Gasteiger partial charge in [-0.3, -0.25) is 28.9 Å². The molecule has 0 spiro atoms. The third-order valence-corrected chi connectivity index (χ3v) is 8.38. The summed E-state index contributed by atoms with van der Waals surface area (Å²) in [6.45, 7) is 6.36. The summed E-state index contributed by atoms with van der Waals surface area (Å²) < 4.78 is 11.0. The van der Waals surface area contributed by atoms with Gasteiger partial charge in [0.05, 0.1) is 18.7 Å². The Hall–Kier alpha value is -5.18. The Labute approximate surface area is 290 Å². The van der Waals surface area contributed by atoms with Crippen LogP contribution in [0.15, 0.2) is 54.6 Å². The van der Waals surface area contributed by atoms with Crippen LogP contribution in [0.3, 0.4) is 0 Å². The molecule has 15 heteroatoms. The number of fused-ring (bicyclic) bond motifs is 17. The number of cyclic esters (lactones) is 1. The van der Waals surface area contributed by atoms with Crippen molar-refractivity contribution in [2.24, 2.45) is 5.92 Å². The average molecular weight is 695 g/mol. The van der Waals surface area contributed by atoms with Gasteiger partial charge in [-0.25, -0.2) is 4.79 Å². The lowest BCUT2D eigenvalue weighted by Gasteiger charge is -2.29. The van der Waals surface area contributed by atoms with Crippen LogP contribution in [0.1, 0.15) is 38.8 Å². The van der Waals surface area contributed by atoms with Crippen LogP contribution in [-0.4, -0.2) is 108 Å². The number of aliphatic hydroxyl groups is 1. The van der Waals surface area contributed by atoms with E-state index in [2.05, 4.69) is 26.6 Å². The summed E-state index contributed by atoms with van der Waals surface area (Å²) in [6, 6.07) is 11.1. The van der Waals surface area contributed by atoms with Crippen molar-refractivity contribution in [2.75, 3.05) is 26.3 Å². The molecule has 0 saturated carbocycles. The van der Waals surface area contributed by atoms with Gasteiger partial charge in [0.25, 0.3) is 0 Å². The predicted molar refractivity (Wildman–Crippen MR) is 181 cm³/mol. The predicted octanol–water partition coefficient (Wildman–Crippen LogP) is -0.203. The van der Waals surface area contributed by atoms with Gasteiger partial charge >= 0.3 is 6.09 Å². The van der Waals surface area contributed by atoms with E-state index in [1.165, 1.54) is 18.7 Å². The van der Waals surface area contributed by atoms with Crippen LogP contribution in [0, 0.1) is 5.92 Å². The minimum atomic E-state index is -1.46. The van der Waals surface area contributed by atoms with Crippen molar-refractivity contribution in [3.05, 3.63) is 65.7 Å². The number of carbonyl (C=O) groups excluding carboxylic acids is 6. The lowest BCUT2D eigenvalue weighted by molar-refractivity contribution is -0.136. The Morgan fingerprint density at radius 2 is 1.52 bits per heavy atom. The number of aliphatic hydroxyl groups excluding tert-OH is 1. The molecule has 5 rings (SSSR count). The fourth-order valence-corrected chi connectivity index (χ4v) is 5.53. The molecule has 3 aliphatic rings. The first-order valence-corrected chi connectivity index (χ1v) is 16.7. The Kier molecular flexibility index (Phi) is 13.1. The maximum atomic E-state index is 13.6. The van der Waals surface area contributed by atoms with Crippen molar-refractivity contribution in [3.63, 3.8) is 0 Å². The SMILES string of the molecule is CC(C)[C@H]1NC(=O)[C@H]([C@@H](C)O)NC(=O)[C@@H](C)NC(=O)[C@@H](NC(=O)CN2CCOC2=O)Cc2ccc(cc2)OC[C@H](Cc2ccccc2)NC1=O. The lowest BCUT2D eigenvalue weighted by Crippen LogP contribution is -2.61. The maximum absolute atomic E-state index is 13.6. The molecular formula is C35H46N6O9. The first-order valence-electron chi connectivity index (χ1n) is 16.7. The number of hydrogen-bond acceptors (Lipinski definition) is 9. The standard InChI is InChI=1S/C35H46N6O9/c1-20(2)29-33(46)37-25(16-23-8-6-5-7-9-23)19-50-26-12-10-24(11-13-26)17-27(38-28(43)18-41-14-15-49-35(41)48)32(45)36-21(3)31(44)40-30(22(4)42)34(47)39-29/h5-13,20-22,25,27,29-30,42H,14-19H2,1-4H3,(H,36,45)(H,37,46)(H,38,43)(H,39,47)(H,40,44)/t21-,22-,25+,27+,29-,30+/m1/s1. The van der Waals surface area contributed by atoms with E-state index in [1.54, 1.807) is 38.1 Å². The summed E-state index contributed by atoms with van der Waals surface area (Å²) >= 11 is 0. The molecule has 6 amide bonds. The molecule has 1 saturated heterocycles. The smallest absolute Gasteiger partial charge is 0.410 e. The molecule has 1 fully saturated rings. The highest BCUT2D eigenvalue weighted by Gasteiger charge is 2.34. The van der Waals surface area contributed by atoms with Crippen LogP contribution in [-0.2, 0) is 41.6 Å². The maximum Gasteiger partial charge on any atom is 0.410 e. The largest absolute Gasteiger partial charge is 0.491 e. The Morgan fingerprint density at radius 1 is 0.860 bits per heavy atom. The highest BCUT2D eigenvalue weighted by molar-refractivity contribution is 5.96. The number of nitrogens with zero attached hydrogens (tertiary/aromatic N) is 1. The minimum absolute atomic E-state index is 0.0264. The first kappa shape index (κ1) is 37.6. The van der Waals surface area contributed by atoms with Gasteiger partial charge in [0.2, 0.25) is 29.5 Å². The minimum Gasteiger partial charge on any atom is -0.491 e. The van der Waals surface area contributed by atoms with Gasteiger partial charge in [0.15, 0.2) is 0 Å². The molecule has 0 aliphatic carbocycles. The molecule has 50 heavy (non-hydrogen) atoms. The Bertz CT molecular complexity index is 1520. The van der Waals surface area contributed by atoms with Crippen molar-refractivity contribution >= 4 is 35.6 Å². The summed E-state index contributed by atoms with van der Waals surface area (Å²) in [6.07, 6.45) is -1.54. The number of carbonyl (C=O) groups is 6. The van der Waals surface area contributed by atoms with E-state index in [0.717, 1.165) is 5.56 Å². The van der Waals surface area contributed by atoms with Gasteiger partial charge in [0, 0.05) is 6.42 Å². The van der Waals surface area contributed by atoms with E-state index in [4.69, 9.17) is 9.47 Å². The molecule has 0 unspecified atom stereocenters. The normalized spacial score (nSPS) is 24.6. The zero-order chi connectivity index (χ0) is 36.4. The molecule has 15 nitrogen and oxygen atoms in total. The van der Waals surface area contributed by atoms with Gasteiger partial charge in [-0.1, -0.05) is 56.3 Å². The van der Waals surface area contributed by atoms with Crippen LogP contribution < -0.4 is 31.3 Å². The van der Waals surface area contributed by atoms with E-state index in [9.17, 15) is 33.9 Å². The number of ether oxygens (including phenoxy) is 2. The van der Waals surface area contributed by atoms with E-state index in [0.29, 0.717) is 17.7 Å². The summed E-state index contributed by atoms with van der Waals surface area (Å²) in [5, 5.41) is 23.8. The molecule has 3 heterocycles. The molecule has 2 bridgehead atoms. The number of benzene rings is 2. The zero-order valence-corrected chi connectivity index (χ0v) is 28.6. The van der Waals surface area contributed by atoms with Crippen molar-refractivity contribution in [3.8, 4) is 5.75 Å². The summed E-state index contributed by atoms with van der Waals surface area (Å²) in [7, 11) is 0. The van der Waals surface area contributed by atoms with Crippen LogP contribution in [0.2, 0.25) is 0 Å². The second kappa shape index (κ2) is 17.5. The molecule has 0 aromatic heterocycles. The van der Waals surface area contributed by atoms with Gasteiger partial charge < -0.3 is 41.2 Å². The van der Waals surface area contributed by atoms with Crippen LogP contribution in [0.5, 0.6) is 5.75 Å². The van der Waals surface area contributed by atoms with Crippen LogP contribution in [0.25, 0.3) is 0 Å². The molecule has 6 N–H and O–H groups in total. The van der Waals surface area contributed by atoms with E-state index < -0.39 is 71.9 Å². The first-order chi connectivity index (χ1) is 23.8. The van der Waals surface area contributed by atoms with E-state index in [-0.39, 0.29) is 38.6 Å². The second-order valence-electron chi connectivity index (χ2n) is 12.9. The van der Waals surface area contributed by atoms with E-state index >= 15 is 0 Å². The molecule has 2 aromatic carbocycles. The van der Waals surface area contributed by atoms with Crippen molar-refractivity contribution < 1.29 is 43.3 Å². The molecule has 2 aromatic rings. The van der Waals surface area contributed by atoms with Crippen LogP contribution >= 0.6 is 0 Å². The van der Waals surface area contributed by atoms with Crippen LogP contribution in [0.4, 0.5) is 4.79 Å². The fraction of sp³-hybridized carbons (Fsp3) is 0.486. The van der Waals surface area contributed by atoms with Crippen molar-refractivity contribution in [2.45, 2.75) is 76.8 Å². The quantitative estimate of drug-likeness (QED) is 0.212. The highest BCUT2D eigenvalue weighted by Crippen LogP contribution is 2.16. The van der Waals surface area contributed by atoms with Crippen molar-refractivity contribution in [1.29, 1.82) is 0 Å². The monoisotopic (exact) mass is 694 g/mol. The fourth-order valence-electron chi connectivity index (χ4n) is 5.53. The molecular weight excluding hydrogens is 648 g/mol.